The largest absolute Gasteiger partial charge is 0.493 e. The summed E-state index contributed by atoms with van der Waals surface area (Å²) in [5.74, 6) is -0.553. The molecule has 0 bridgehead atoms. The molecule has 396 valence electrons. The molecule has 0 radical (unpaired) electrons. The highest BCUT2D eigenvalue weighted by atomic mass is 16.5. The monoisotopic (exact) mass is 1030 g/mol. The van der Waals surface area contributed by atoms with Crippen LogP contribution in [0.2, 0.25) is 0 Å². The number of nitrogens with one attached hydrogen (secondary N) is 2. The third-order valence-electron chi connectivity index (χ3n) is 13.5. The summed E-state index contributed by atoms with van der Waals surface area (Å²) in [7, 11) is 4.40. The van der Waals surface area contributed by atoms with E-state index in [-0.39, 0.29) is 54.5 Å². The SMILES string of the molecule is C=CCOC(=O)N[C@H](C(=O)C[C@@H](C)C(=O)Nc1ccc(C2=CN3C(=O)c4cc(OC)c(OCCCCCOc5cc6c(cc5OC)C(=O)N5C=C(c7ccc(C(=O)OC)cc7)C[C@H]5C=N6)cc4N=C[C@@H]3C2)cc1)C(C)C. The van der Waals surface area contributed by atoms with Crippen molar-refractivity contribution in [3.63, 3.8) is 0 Å². The number of amides is 4. The van der Waals surface area contributed by atoms with Crippen LogP contribution in [-0.4, -0.2) is 117 Å². The number of aliphatic imine (C=N–C) groups is 2. The van der Waals surface area contributed by atoms with E-state index in [0.29, 0.717) is 95.6 Å². The lowest BCUT2D eigenvalue weighted by molar-refractivity contribution is -0.127. The van der Waals surface area contributed by atoms with Crippen LogP contribution in [0, 0.1) is 11.8 Å². The van der Waals surface area contributed by atoms with Crippen LogP contribution in [0.25, 0.3) is 11.1 Å². The van der Waals surface area contributed by atoms with Crippen molar-refractivity contribution in [2.75, 3.05) is 46.5 Å². The zero-order chi connectivity index (χ0) is 54.0. The first-order chi connectivity index (χ1) is 36.7. The molecule has 4 aromatic carbocycles. The van der Waals surface area contributed by atoms with Gasteiger partial charge in [-0.25, -0.2) is 9.59 Å². The Morgan fingerprint density at radius 2 is 1.22 bits per heavy atom. The van der Waals surface area contributed by atoms with Crippen molar-refractivity contribution in [2.24, 2.45) is 21.8 Å². The minimum Gasteiger partial charge on any atom is -0.493 e. The number of nitrogens with zero attached hydrogens (tertiary/aromatic N) is 4. The number of rotatable bonds is 22. The zero-order valence-corrected chi connectivity index (χ0v) is 43.5. The maximum atomic E-state index is 14.0. The van der Waals surface area contributed by atoms with Crippen molar-refractivity contribution in [3.8, 4) is 23.0 Å². The standard InChI is InChI=1S/C58H62N6O12/c1-8-20-76-58(70)62-53(34(2)3)48(65)23-35(4)54(66)61-41-18-16-37(17-19-41)40-25-43-31-60-47-29-52(50(72-6)27-45(47)56(68)64(43)33-40)75-22-11-9-10-21-74-51-28-46-44(26-49(51)71-5)55(67)63-32-39(24-42(63)30-59-46)36-12-14-38(15-13-36)57(69)73-7/h8,12-19,26-35,42-43,53H,1,9-11,20-25H2,2-7H3,(H,61,66)(H,62,70)/t35-,42+,43+,53+/m1/s1. The minimum absolute atomic E-state index is 0.0141. The van der Waals surface area contributed by atoms with Gasteiger partial charge in [0.2, 0.25) is 5.91 Å². The highest BCUT2D eigenvalue weighted by Crippen LogP contribution is 2.42. The number of esters is 1. The molecule has 0 fully saturated rings. The summed E-state index contributed by atoms with van der Waals surface area (Å²) in [5, 5.41) is 5.47. The van der Waals surface area contributed by atoms with Crippen molar-refractivity contribution < 1.29 is 57.2 Å². The second-order valence-corrected chi connectivity index (χ2v) is 19.1. The fraction of sp³-hybridized carbons (Fsp3) is 0.345. The lowest BCUT2D eigenvalue weighted by atomic mass is 9.93. The van der Waals surface area contributed by atoms with Gasteiger partial charge in [-0.1, -0.05) is 57.7 Å². The molecular weight excluding hydrogens is 973 g/mol. The number of methoxy groups -OCH3 is 3. The maximum Gasteiger partial charge on any atom is 0.408 e. The van der Waals surface area contributed by atoms with Gasteiger partial charge in [-0.15, -0.1) is 0 Å². The van der Waals surface area contributed by atoms with E-state index in [1.54, 1.807) is 91.5 Å². The van der Waals surface area contributed by atoms with E-state index in [1.165, 1.54) is 27.4 Å². The van der Waals surface area contributed by atoms with E-state index in [9.17, 15) is 28.8 Å². The van der Waals surface area contributed by atoms with Crippen molar-refractivity contribution in [1.29, 1.82) is 0 Å². The van der Waals surface area contributed by atoms with Gasteiger partial charge in [-0.05, 0) is 83.9 Å². The molecule has 4 atom stereocenters. The predicted molar refractivity (Wildman–Crippen MR) is 287 cm³/mol. The minimum atomic E-state index is -0.807. The Hall–Kier alpha value is -8.54. The molecular formula is C58H62N6O12. The van der Waals surface area contributed by atoms with E-state index in [1.807, 2.05) is 36.7 Å². The summed E-state index contributed by atoms with van der Waals surface area (Å²) in [6.45, 7) is 9.57. The van der Waals surface area contributed by atoms with E-state index in [2.05, 4.69) is 17.2 Å². The predicted octanol–water partition coefficient (Wildman–Crippen LogP) is 9.53. The van der Waals surface area contributed by atoms with Gasteiger partial charge in [0, 0.05) is 67.8 Å². The number of anilines is 1. The molecule has 0 unspecified atom stereocenters. The summed E-state index contributed by atoms with van der Waals surface area (Å²) in [5.41, 5.74) is 6.38. The molecule has 4 aromatic rings. The smallest absolute Gasteiger partial charge is 0.408 e. The van der Waals surface area contributed by atoms with Crippen molar-refractivity contribution in [3.05, 3.63) is 126 Å². The Morgan fingerprint density at radius 3 is 1.70 bits per heavy atom. The van der Waals surface area contributed by atoms with Gasteiger partial charge in [0.25, 0.3) is 11.8 Å². The van der Waals surface area contributed by atoms with E-state index in [4.69, 9.17) is 38.4 Å². The van der Waals surface area contributed by atoms with Gasteiger partial charge in [0.15, 0.2) is 28.8 Å². The van der Waals surface area contributed by atoms with Crippen LogP contribution >= 0.6 is 0 Å². The fourth-order valence-electron chi connectivity index (χ4n) is 9.30. The molecule has 8 rings (SSSR count). The number of alkyl carbamates (subject to hydrolysis) is 1. The Balaban J connectivity index is 0.805. The fourth-order valence-corrected chi connectivity index (χ4v) is 9.30. The highest BCUT2D eigenvalue weighted by Gasteiger charge is 2.36. The second-order valence-electron chi connectivity index (χ2n) is 19.1. The van der Waals surface area contributed by atoms with Crippen LogP contribution in [0.4, 0.5) is 21.9 Å². The molecule has 18 heteroatoms. The summed E-state index contributed by atoms with van der Waals surface area (Å²) in [6, 6.07) is 19.8. The van der Waals surface area contributed by atoms with Gasteiger partial charge in [0.05, 0.1) is 80.7 Å². The molecule has 0 saturated carbocycles. The molecule has 0 aliphatic carbocycles. The van der Waals surface area contributed by atoms with Crippen LogP contribution < -0.4 is 29.6 Å². The number of hydrogen-bond acceptors (Lipinski definition) is 14. The number of fused-ring (bicyclic) bond motifs is 4. The quantitative estimate of drug-likeness (QED) is 0.0428. The van der Waals surface area contributed by atoms with Gasteiger partial charge in [-0.3, -0.25) is 29.2 Å². The zero-order valence-electron chi connectivity index (χ0n) is 43.5. The van der Waals surface area contributed by atoms with Crippen LogP contribution in [0.5, 0.6) is 23.0 Å². The van der Waals surface area contributed by atoms with Gasteiger partial charge in [-0.2, -0.15) is 0 Å². The molecule has 76 heavy (non-hydrogen) atoms. The third-order valence-corrected chi connectivity index (χ3v) is 13.5. The highest BCUT2D eigenvalue weighted by molar-refractivity contribution is 6.07. The molecule has 0 aromatic heterocycles. The Morgan fingerprint density at radius 1 is 0.711 bits per heavy atom. The van der Waals surface area contributed by atoms with E-state index < -0.39 is 24.0 Å². The number of Topliss-reactive ketones (excluding diaryl/α,β-unsaturated/α-hetero) is 1. The molecule has 0 spiro atoms. The first kappa shape index (κ1) is 53.7. The molecule has 4 aliphatic rings. The second kappa shape index (κ2) is 24.2. The van der Waals surface area contributed by atoms with Crippen LogP contribution in [0.1, 0.15) is 101 Å². The maximum absolute atomic E-state index is 14.0. The first-order valence-corrected chi connectivity index (χ1v) is 25.2. The Labute approximate surface area is 441 Å². The van der Waals surface area contributed by atoms with Gasteiger partial charge < -0.3 is 48.9 Å². The number of unbranched alkanes of at least 4 members (excludes halogenated alkanes) is 2. The number of carbonyl (C=O) groups is 6. The number of carbonyl (C=O) groups excluding carboxylic acids is 6. The lowest BCUT2D eigenvalue weighted by Crippen LogP contribution is -2.45. The van der Waals surface area contributed by atoms with Crippen LogP contribution in [0.15, 0.2) is 108 Å². The van der Waals surface area contributed by atoms with Crippen LogP contribution in [0.3, 0.4) is 0 Å². The molecule has 0 saturated heterocycles. The first-order valence-electron chi connectivity index (χ1n) is 25.2. The number of benzene rings is 4. The van der Waals surface area contributed by atoms with Crippen molar-refractivity contribution >= 4 is 76.2 Å². The molecule has 4 aliphatic heterocycles. The summed E-state index contributed by atoms with van der Waals surface area (Å²) >= 11 is 0. The number of ketones is 1. The summed E-state index contributed by atoms with van der Waals surface area (Å²) < 4.78 is 33.5. The summed E-state index contributed by atoms with van der Waals surface area (Å²) in [4.78, 5) is 90.9. The molecule has 2 N–H and O–H groups in total. The van der Waals surface area contributed by atoms with E-state index >= 15 is 0 Å². The van der Waals surface area contributed by atoms with Crippen molar-refractivity contribution in [1.82, 2.24) is 15.1 Å². The topological polar surface area (TPSA) is 213 Å². The normalized spacial score (nSPS) is 16.9. The molecule has 4 amide bonds. The van der Waals surface area contributed by atoms with E-state index in [0.717, 1.165) is 28.7 Å². The van der Waals surface area contributed by atoms with Gasteiger partial charge >= 0.3 is 12.1 Å². The van der Waals surface area contributed by atoms with Crippen molar-refractivity contribution in [2.45, 2.75) is 77.4 Å². The lowest BCUT2D eigenvalue weighted by Gasteiger charge is -2.22. The van der Waals surface area contributed by atoms with Crippen LogP contribution in [-0.2, 0) is 19.1 Å². The third kappa shape index (κ3) is 12.2. The number of ether oxygens (including phenoxy) is 6. The average Bonchev–Trinajstić information content (AvgIpc) is 4.01. The van der Waals surface area contributed by atoms with Gasteiger partial charge in [0.1, 0.15) is 6.61 Å². The number of hydrogen-bond donors (Lipinski definition) is 2. The Bertz CT molecular complexity index is 3020. The molecule has 18 nitrogen and oxygen atoms in total. The summed E-state index contributed by atoms with van der Waals surface area (Å²) in [6.07, 6.45) is 11.1. The Kier molecular flexibility index (Phi) is 17.1. The average molecular weight is 1040 g/mol. The molecule has 4 heterocycles.